The molecule has 0 aromatic heterocycles. The number of halogens is 1. The zero-order valence-corrected chi connectivity index (χ0v) is 6.57. The molecule has 0 aromatic rings. The maximum absolute atomic E-state index is 12.7. The molecule has 0 heterocycles. The van der Waals surface area contributed by atoms with Gasteiger partial charge in [-0.1, -0.05) is 6.92 Å². The second-order valence-electron chi connectivity index (χ2n) is 4.14. The van der Waals surface area contributed by atoms with Crippen molar-refractivity contribution >= 4 is 0 Å². The average Bonchev–Trinajstić information content (AvgIpc) is 2.53. The number of hydrogen-bond donors (Lipinski definition) is 0. The van der Waals surface area contributed by atoms with Crippen molar-refractivity contribution in [1.82, 2.24) is 0 Å². The summed E-state index contributed by atoms with van der Waals surface area (Å²) in [5, 5.41) is 0. The Balaban J connectivity index is 1.93. The molecule has 2 aliphatic rings. The van der Waals surface area contributed by atoms with Crippen molar-refractivity contribution in [2.24, 2.45) is 11.3 Å². The van der Waals surface area contributed by atoms with Gasteiger partial charge in [-0.3, -0.25) is 0 Å². The van der Waals surface area contributed by atoms with E-state index in [1.807, 2.05) is 0 Å². The Kier molecular flexibility index (Phi) is 1.30. The molecule has 1 unspecified atom stereocenters. The van der Waals surface area contributed by atoms with E-state index >= 15 is 0 Å². The van der Waals surface area contributed by atoms with Crippen LogP contribution in [0.15, 0.2) is 0 Å². The van der Waals surface area contributed by atoms with Crippen molar-refractivity contribution in [3.8, 4) is 0 Å². The molecule has 1 atom stereocenters. The summed E-state index contributed by atoms with van der Waals surface area (Å²) < 4.78 is 12.7. The van der Waals surface area contributed by atoms with Crippen LogP contribution in [0.25, 0.3) is 0 Å². The Hall–Kier alpha value is -0.0700. The Bertz CT molecular complexity index is 134. The van der Waals surface area contributed by atoms with Crippen LogP contribution in [0.2, 0.25) is 0 Å². The molecule has 0 aliphatic heterocycles. The molecule has 2 rings (SSSR count). The highest BCUT2D eigenvalue weighted by molar-refractivity contribution is 5.02. The van der Waals surface area contributed by atoms with Gasteiger partial charge in [0.25, 0.3) is 0 Å². The van der Waals surface area contributed by atoms with Crippen LogP contribution >= 0.6 is 0 Å². The highest BCUT2D eigenvalue weighted by atomic mass is 19.1. The first-order valence-electron chi connectivity index (χ1n) is 4.37. The summed E-state index contributed by atoms with van der Waals surface area (Å²) in [6.07, 6.45) is 4.90. The lowest BCUT2D eigenvalue weighted by molar-refractivity contribution is 0.187. The van der Waals surface area contributed by atoms with Crippen molar-refractivity contribution in [3.63, 3.8) is 0 Å². The minimum atomic E-state index is -0.474. The third kappa shape index (κ3) is 0.869. The Morgan fingerprint density at radius 2 is 1.80 bits per heavy atom. The van der Waals surface area contributed by atoms with E-state index in [-0.39, 0.29) is 0 Å². The normalized spacial score (nSPS) is 53.4. The van der Waals surface area contributed by atoms with Crippen molar-refractivity contribution in [2.75, 3.05) is 0 Å². The second kappa shape index (κ2) is 1.96. The van der Waals surface area contributed by atoms with Gasteiger partial charge in [-0.05, 0) is 43.4 Å². The Morgan fingerprint density at radius 3 is 2.20 bits per heavy atom. The van der Waals surface area contributed by atoms with Gasteiger partial charge in [-0.2, -0.15) is 0 Å². The molecule has 2 saturated carbocycles. The van der Waals surface area contributed by atoms with E-state index in [9.17, 15) is 4.39 Å². The minimum absolute atomic E-state index is 0.474. The lowest BCUT2D eigenvalue weighted by atomic mass is 9.84. The van der Waals surface area contributed by atoms with E-state index in [2.05, 4.69) is 6.92 Å². The maximum Gasteiger partial charge on any atom is 0.100 e. The van der Waals surface area contributed by atoms with E-state index in [1.54, 1.807) is 0 Å². The highest BCUT2D eigenvalue weighted by Crippen LogP contribution is 2.61. The quantitative estimate of drug-likeness (QED) is 0.488. The predicted molar refractivity (Wildman–Crippen MR) is 39.6 cm³/mol. The van der Waals surface area contributed by atoms with E-state index in [4.69, 9.17) is 0 Å². The van der Waals surface area contributed by atoms with Gasteiger partial charge < -0.3 is 0 Å². The van der Waals surface area contributed by atoms with Gasteiger partial charge >= 0.3 is 0 Å². The fourth-order valence-corrected chi connectivity index (χ4v) is 2.41. The Morgan fingerprint density at radius 1 is 1.30 bits per heavy atom. The first kappa shape index (κ1) is 6.63. The second-order valence-corrected chi connectivity index (χ2v) is 4.14. The van der Waals surface area contributed by atoms with Crippen molar-refractivity contribution in [1.29, 1.82) is 0 Å². The SMILES string of the molecule is CC1CC12CCC(F)CC2. The molecule has 58 valence electrons. The molecule has 0 bridgehead atoms. The fourth-order valence-electron chi connectivity index (χ4n) is 2.41. The first-order chi connectivity index (χ1) is 4.73. The molecule has 0 amide bonds. The van der Waals surface area contributed by atoms with E-state index in [1.165, 1.54) is 6.42 Å². The van der Waals surface area contributed by atoms with Crippen LogP contribution < -0.4 is 0 Å². The van der Waals surface area contributed by atoms with Crippen molar-refractivity contribution < 1.29 is 4.39 Å². The van der Waals surface area contributed by atoms with Gasteiger partial charge in [-0.15, -0.1) is 0 Å². The molecule has 2 aliphatic carbocycles. The van der Waals surface area contributed by atoms with Crippen LogP contribution in [0, 0.1) is 11.3 Å². The van der Waals surface area contributed by atoms with Crippen molar-refractivity contribution in [3.05, 3.63) is 0 Å². The largest absolute Gasteiger partial charge is 0.247 e. The topological polar surface area (TPSA) is 0 Å². The van der Waals surface area contributed by atoms with Gasteiger partial charge in [-0.25, -0.2) is 4.39 Å². The number of rotatable bonds is 0. The molecular formula is C9H15F. The minimum Gasteiger partial charge on any atom is -0.247 e. The zero-order valence-electron chi connectivity index (χ0n) is 6.57. The summed E-state index contributed by atoms with van der Waals surface area (Å²) in [5.74, 6) is 0.903. The van der Waals surface area contributed by atoms with Gasteiger partial charge in [0.2, 0.25) is 0 Å². The van der Waals surface area contributed by atoms with Crippen molar-refractivity contribution in [2.45, 2.75) is 45.2 Å². The van der Waals surface area contributed by atoms with Crippen LogP contribution in [0.4, 0.5) is 4.39 Å². The molecule has 1 spiro atoms. The summed E-state index contributed by atoms with van der Waals surface area (Å²) in [7, 11) is 0. The van der Waals surface area contributed by atoms with E-state index in [0.717, 1.165) is 31.6 Å². The third-order valence-corrected chi connectivity index (χ3v) is 3.51. The molecule has 2 fully saturated rings. The van der Waals surface area contributed by atoms with E-state index in [0.29, 0.717) is 5.41 Å². The average molecular weight is 142 g/mol. The standard InChI is InChI=1S/C9H15F/c1-7-6-9(7)4-2-8(10)3-5-9/h7-8H,2-6H2,1H3. The van der Waals surface area contributed by atoms with Crippen LogP contribution in [-0.2, 0) is 0 Å². The van der Waals surface area contributed by atoms with Gasteiger partial charge in [0.15, 0.2) is 0 Å². The summed E-state index contributed by atoms with van der Waals surface area (Å²) in [4.78, 5) is 0. The smallest absolute Gasteiger partial charge is 0.100 e. The summed E-state index contributed by atoms with van der Waals surface area (Å²) in [6, 6.07) is 0. The fraction of sp³-hybridized carbons (Fsp3) is 1.00. The Labute approximate surface area is 61.8 Å². The molecular weight excluding hydrogens is 127 g/mol. The van der Waals surface area contributed by atoms with Crippen LogP contribution in [0.5, 0.6) is 0 Å². The lowest BCUT2D eigenvalue weighted by Crippen LogP contribution is -2.16. The van der Waals surface area contributed by atoms with E-state index < -0.39 is 6.17 Å². The molecule has 10 heavy (non-hydrogen) atoms. The van der Waals surface area contributed by atoms with Crippen LogP contribution in [-0.4, -0.2) is 6.17 Å². The zero-order chi connectivity index (χ0) is 7.19. The third-order valence-electron chi connectivity index (χ3n) is 3.51. The number of hydrogen-bond acceptors (Lipinski definition) is 0. The maximum atomic E-state index is 12.7. The summed E-state index contributed by atoms with van der Waals surface area (Å²) in [5.41, 5.74) is 0.628. The van der Waals surface area contributed by atoms with Gasteiger partial charge in [0.1, 0.15) is 6.17 Å². The van der Waals surface area contributed by atoms with Crippen LogP contribution in [0.3, 0.4) is 0 Å². The first-order valence-corrected chi connectivity index (χ1v) is 4.37. The summed E-state index contributed by atoms with van der Waals surface area (Å²) >= 11 is 0. The molecule has 0 saturated heterocycles. The lowest BCUT2D eigenvalue weighted by Gasteiger charge is -2.24. The molecule has 0 nitrogen and oxygen atoms in total. The highest BCUT2D eigenvalue weighted by Gasteiger charge is 2.51. The molecule has 0 N–H and O–H groups in total. The molecule has 1 heteroatoms. The molecule has 0 radical (unpaired) electrons. The van der Waals surface area contributed by atoms with Gasteiger partial charge in [0.05, 0.1) is 0 Å². The van der Waals surface area contributed by atoms with Gasteiger partial charge in [0, 0.05) is 0 Å². The molecule has 0 aromatic carbocycles. The predicted octanol–water partition coefficient (Wildman–Crippen LogP) is 2.92. The number of alkyl halides is 1. The van der Waals surface area contributed by atoms with Crippen LogP contribution in [0.1, 0.15) is 39.0 Å². The summed E-state index contributed by atoms with van der Waals surface area (Å²) in [6.45, 7) is 2.30. The monoisotopic (exact) mass is 142 g/mol.